The molecule has 1 aromatic carbocycles. The molecule has 0 radical (unpaired) electrons. The summed E-state index contributed by atoms with van der Waals surface area (Å²) >= 11 is 0. The summed E-state index contributed by atoms with van der Waals surface area (Å²) in [6.07, 6.45) is 0. The first-order valence-electron chi connectivity index (χ1n) is 10.1. The Labute approximate surface area is 168 Å². The highest BCUT2D eigenvalue weighted by molar-refractivity contribution is 5.89. The number of hydrogen-bond acceptors (Lipinski definition) is 4. The molecule has 2 aliphatic rings. The van der Waals surface area contributed by atoms with E-state index in [2.05, 4.69) is 36.3 Å². The van der Waals surface area contributed by atoms with Crippen LogP contribution >= 0.6 is 0 Å². The van der Waals surface area contributed by atoms with Gasteiger partial charge in [-0.15, -0.1) is 0 Å². The average molecular weight is 388 g/mol. The van der Waals surface area contributed by atoms with Crippen molar-refractivity contribution < 1.29 is 9.59 Å². The van der Waals surface area contributed by atoms with E-state index in [0.29, 0.717) is 26.2 Å². The van der Waals surface area contributed by atoms with Gasteiger partial charge >= 0.3 is 6.03 Å². The molecule has 0 aliphatic carbocycles. The van der Waals surface area contributed by atoms with Gasteiger partial charge in [0.15, 0.2) is 0 Å². The van der Waals surface area contributed by atoms with Crippen molar-refractivity contribution in [3.05, 3.63) is 29.8 Å². The van der Waals surface area contributed by atoms with E-state index in [0.717, 1.165) is 30.9 Å². The average Bonchev–Trinajstić information content (AvgIpc) is 2.67. The van der Waals surface area contributed by atoms with Gasteiger partial charge in [-0.1, -0.05) is 12.1 Å². The topological polar surface area (TPSA) is 67.9 Å². The molecule has 154 valence electrons. The third kappa shape index (κ3) is 5.02. The molecule has 7 nitrogen and oxygen atoms in total. The summed E-state index contributed by atoms with van der Waals surface area (Å²) in [6, 6.07) is 7.50. The van der Waals surface area contributed by atoms with Crippen molar-refractivity contribution in [3.8, 4) is 0 Å². The Hall–Kier alpha value is -2.12. The molecule has 3 rings (SSSR count). The minimum atomic E-state index is -0.166. The fourth-order valence-electron chi connectivity index (χ4n) is 3.80. The molecular formula is C21H33N5O2. The third-order valence-electron chi connectivity index (χ3n) is 5.57. The predicted octanol–water partition coefficient (Wildman–Crippen LogP) is 1.74. The molecule has 1 unspecified atom stereocenters. The molecule has 1 aromatic rings. The second-order valence-corrected chi connectivity index (χ2v) is 8.74. The lowest BCUT2D eigenvalue weighted by atomic mass is 10.0. The number of hydrogen-bond donors (Lipinski definition) is 2. The molecule has 2 N–H and O–H groups in total. The first kappa shape index (κ1) is 20.6. The number of urea groups is 1. The number of piperazine rings is 2. The fraction of sp³-hybridized carbons (Fsp3) is 0.619. The smallest absolute Gasteiger partial charge is 0.321 e. The largest absolute Gasteiger partial charge is 0.338 e. The van der Waals surface area contributed by atoms with Crippen LogP contribution in [0.2, 0.25) is 0 Å². The Morgan fingerprint density at radius 2 is 1.75 bits per heavy atom. The highest BCUT2D eigenvalue weighted by Gasteiger charge is 2.34. The molecule has 7 heteroatoms. The normalized spacial score (nSPS) is 21.5. The van der Waals surface area contributed by atoms with E-state index in [1.54, 1.807) is 4.90 Å². The van der Waals surface area contributed by atoms with Gasteiger partial charge in [0.25, 0.3) is 0 Å². The molecule has 2 fully saturated rings. The van der Waals surface area contributed by atoms with Crippen molar-refractivity contribution >= 4 is 17.6 Å². The summed E-state index contributed by atoms with van der Waals surface area (Å²) in [5, 5.41) is 6.31. The number of nitrogens with one attached hydrogen (secondary N) is 2. The van der Waals surface area contributed by atoms with Crippen LogP contribution in [0.5, 0.6) is 0 Å². The van der Waals surface area contributed by atoms with Crippen LogP contribution in [-0.2, 0) is 4.79 Å². The number of carbonyl (C=O) groups excluding carboxylic acids is 2. The summed E-state index contributed by atoms with van der Waals surface area (Å²) in [7, 11) is 0. The van der Waals surface area contributed by atoms with Crippen molar-refractivity contribution in [1.82, 2.24) is 20.0 Å². The van der Waals surface area contributed by atoms with Gasteiger partial charge in [0.1, 0.15) is 0 Å². The van der Waals surface area contributed by atoms with Crippen LogP contribution in [0, 0.1) is 6.92 Å². The van der Waals surface area contributed by atoms with E-state index in [1.807, 2.05) is 36.1 Å². The Morgan fingerprint density at radius 3 is 2.39 bits per heavy atom. The Balaban J connectivity index is 1.50. The van der Waals surface area contributed by atoms with Crippen molar-refractivity contribution in [2.24, 2.45) is 0 Å². The number of nitrogens with zero attached hydrogens (tertiary/aromatic N) is 3. The van der Waals surface area contributed by atoms with Crippen LogP contribution in [0.3, 0.4) is 0 Å². The summed E-state index contributed by atoms with van der Waals surface area (Å²) in [4.78, 5) is 31.5. The zero-order valence-electron chi connectivity index (χ0n) is 17.5. The summed E-state index contributed by atoms with van der Waals surface area (Å²) in [5.74, 6) is 0.146. The fourth-order valence-corrected chi connectivity index (χ4v) is 3.80. The van der Waals surface area contributed by atoms with Crippen molar-refractivity contribution in [2.75, 3.05) is 51.1 Å². The van der Waals surface area contributed by atoms with Crippen molar-refractivity contribution in [3.63, 3.8) is 0 Å². The maximum atomic E-state index is 12.9. The highest BCUT2D eigenvalue weighted by Crippen LogP contribution is 2.17. The number of benzene rings is 1. The first-order chi connectivity index (χ1) is 13.2. The van der Waals surface area contributed by atoms with Crippen LogP contribution in [0.25, 0.3) is 0 Å². The van der Waals surface area contributed by atoms with Crippen LogP contribution in [0.1, 0.15) is 26.3 Å². The molecule has 0 saturated carbocycles. The van der Waals surface area contributed by atoms with Crippen LogP contribution < -0.4 is 10.6 Å². The van der Waals surface area contributed by atoms with Gasteiger partial charge in [-0.2, -0.15) is 0 Å². The van der Waals surface area contributed by atoms with Gasteiger partial charge in [0.2, 0.25) is 5.91 Å². The first-order valence-corrected chi connectivity index (χ1v) is 10.1. The highest BCUT2D eigenvalue weighted by atomic mass is 16.2. The SMILES string of the molecule is Cc1cccc(NC(=O)N2CCN(C(=O)C3CN(C(C)(C)C)CCN3)CC2)c1. The minimum Gasteiger partial charge on any atom is -0.338 e. The Bertz CT molecular complexity index is 707. The number of amides is 3. The molecule has 1 atom stereocenters. The van der Waals surface area contributed by atoms with Gasteiger partial charge < -0.3 is 20.4 Å². The van der Waals surface area contributed by atoms with Gasteiger partial charge in [0, 0.05) is 57.0 Å². The maximum Gasteiger partial charge on any atom is 0.321 e. The van der Waals surface area contributed by atoms with Crippen molar-refractivity contribution in [2.45, 2.75) is 39.3 Å². The molecular weight excluding hydrogens is 354 g/mol. The number of rotatable bonds is 2. The molecule has 0 spiro atoms. The molecule has 2 saturated heterocycles. The van der Waals surface area contributed by atoms with E-state index >= 15 is 0 Å². The molecule has 3 amide bonds. The van der Waals surface area contributed by atoms with Gasteiger partial charge in [-0.05, 0) is 45.4 Å². The van der Waals surface area contributed by atoms with Crippen LogP contribution in [0.4, 0.5) is 10.5 Å². The van der Waals surface area contributed by atoms with Gasteiger partial charge in [0.05, 0.1) is 6.04 Å². The molecule has 0 bridgehead atoms. The van der Waals surface area contributed by atoms with E-state index in [9.17, 15) is 9.59 Å². The number of carbonyl (C=O) groups is 2. The van der Waals surface area contributed by atoms with E-state index in [-0.39, 0.29) is 23.5 Å². The monoisotopic (exact) mass is 387 g/mol. The van der Waals surface area contributed by atoms with E-state index in [4.69, 9.17) is 0 Å². The van der Waals surface area contributed by atoms with E-state index < -0.39 is 0 Å². The molecule has 2 heterocycles. The summed E-state index contributed by atoms with van der Waals surface area (Å²) in [6.45, 7) is 13.3. The standard InChI is InChI=1S/C21H33N5O2/c1-16-6-5-7-17(14-16)23-20(28)25-12-10-24(11-13-25)19(27)18-15-26(9-8-22-18)21(2,3)4/h5-7,14,18,22H,8-13,15H2,1-4H3,(H,23,28). The third-order valence-corrected chi connectivity index (χ3v) is 5.57. The number of aryl methyl sites for hydroxylation is 1. The number of anilines is 1. The molecule has 0 aromatic heterocycles. The summed E-state index contributed by atoms with van der Waals surface area (Å²) in [5.41, 5.74) is 1.97. The second kappa shape index (κ2) is 8.49. The van der Waals surface area contributed by atoms with Crippen LogP contribution in [0.15, 0.2) is 24.3 Å². The van der Waals surface area contributed by atoms with Gasteiger partial charge in [-0.25, -0.2) is 4.79 Å². The quantitative estimate of drug-likeness (QED) is 0.811. The van der Waals surface area contributed by atoms with E-state index in [1.165, 1.54) is 0 Å². The predicted molar refractivity (Wildman–Crippen MR) is 111 cm³/mol. The van der Waals surface area contributed by atoms with Gasteiger partial charge in [-0.3, -0.25) is 9.69 Å². The lowest BCUT2D eigenvalue weighted by molar-refractivity contribution is -0.136. The zero-order valence-corrected chi connectivity index (χ0v) is 17.5. The molecule has 2 aliphatic heterocycles. The second-order valence-electron chi connectivity index (χ2n) is 8.74. The lowest BCUT2D eigenvalue weighted by Crippen LogP contribution is -2.63. The lowest BCUT2D eigenvalue weighted by Gasteiger charge is -2.43. The Kier molecular flexibility index (Phi) is 6.25. The zero-order chi connectivity index (χ0) is 20.3. The molecule has 28 heavy (non-hydrogen) atoms. The Morgan fingerprint density at radius 1 is 1.07 bits per heavy atom. The maximum absolute atomic E-state index is 12.9. The summed E-state index contributed by atoms with van der Waals surface area (Å²) < 4.78 is 0. The minimum absolute atomic E-state index is 0.0627. The van der Waals surface area contributed by atoms with Crippen LogP contribution in [-0.4, -0.2) is 84.0 Å². The van der Waals surface area contributed by atoms with Crippen molar-refractivity contribution in [1.29, 1.82) is 0 Å².